The van der Waals surface area contributed by atoms with Crippen LogP contribution in [0.2, 0.25) is 0 Å². The van der Waals surface area contributed by atoms with Crippen molar-refractivity contribution in [2.75, 3.05) is 18.4 Å². The highest BCUT2D eigenvalue weighted by atomic mass is 16.4. The molecular weight excluding hydrogens is 234 g/mol. The number of piperidine rings is 1. The van der Waals surface area contributed by atoms with Crippen molar-refractivity contribution in [2.45, 2.75) is 18.3 Å². The molecule has 94 valence electrons. The van der Waals surface area contributed by atoms with Crippen LogP contribution in [-0.4, -0.2) is 40.1 Å². The molecule has 18 heavy (non-hydrogen) atoms. The number of aromatic nitrogens is 1. The van der Waals surface area contributed by atoms with Crippen LogP contribution in [0.15, 0.2) is 18.5 Å². The van der Waals surface area contributed by atoms with E-state index in [1.54, 1.807) is 12.4 Å². The van der Waals surface area contributed by atoms with Gasteiger partial charge in [0.05, 0.1) is 17.3 Å². The first-order valence-electron chi connectivity index (χ1n) is 5.87. The fourth-order valence-electron chi connectivity index (χ4n) is 2.85. The van der Waals surface area contributed by atoms with Gasteiger partial charge < -0.3 is 15.3 Å². The molecule has 1 aromatic heterocycles. The minimum Gasteiger partial charge on any atom is -0.465 e. The molecule has 0 aliphatic carbocycles. The monoisotopic (exact) mass is 247 g/mol. The normalized spacial score (nSPS) is 20.7. The first kappa shape index (κ1) is 11.0. The highest BCUT2D eigenvalue weighted by Gasteiger charge is 2.48. The maximum Gasteiger partial charge on any atom is 0.407 e. The molecule has 3 rings (SSSR count). The number of pyridine rings is 1. The Hall–Kier alpha value is -2.11. The Balaban J connectivity index is 1.93. The van der Waals surface area contributed by atoms with Gasteiger partial charge >= 0.3 is 6.09 Å². The van der Waals surface area contributed by atoms with E-state index < -0.39 is 11.5 Å². The molecule has 6 nitrogen and oxygen atoms in total. The maximum absolute atomic E-state index is 12.2. The molecule has 2 amide bonds. The number of carboxylic acid groups (broad SMARTS) is 1. The highest BCUT2D eigenvalue weighted by Crippen LogP contribution is 2.44. The number of carbonyl (C=O) groups is 2. The van der Waals surface area contributed by atoms with Gasteiger partial charge in [-0.15, -0.1) is 0 Å². The molecule has 6 heteroatoms. The number of anilines is 1. The zero-order valence-corrected chi connectivity index (χ0v) is 9.72. The quantitative estimate of drug-likeness (QED) is 0.717. The fraction of sp³-hybridized carbons (Fsp3) is 0.417. The predicted molar refractivity (Wildman–Crippen MR) is 63.4 cm³/mol. The Morgan fingerprint density at radius 2 is 2.17 bits per heavy atom. The van der Waals surface area contributed by atoms with Crippen LogP contribution >= 0.6 is 0 Å². The maximum atomic E-state index is 12.2. The second kappa shape index (κ2) is 3.69. The van der Waals surface area contributed by atoms with Gasteiger partial charge in [0.15, 0.2) is 0 Å². The molecule has 0 saturated carbocycles. The Labute approximate surface area is 104 Å². The van der Waals surface area contributed by atoms with Gasteiger partial charge in [0.25, 0.3) is 0 Å². The Kier molecular flexibility index (Phi) is 2.26. The van der Waals surface area contributed by atoms with Crippen molar-refractivity contribution in [3.05, 3.63) is 24.0 Å². The minimum atomic E-state index is -0.918. The lowest BCUT2D eigenvalue weighted by atomic mass is 9.74. The van der Waals surface area contributed by atoms with Gasteiger partial charge in [-0.25, -0.2) is 4.79 Å². The van der Waals surface area contributed by atoms with E-state index in [9.17, 15) is 9.59 Å². The molecule has 0 atom stereocenters. The third-order valence-electron chi connectivity index (χ3n) is 3.91. The second-order valence-electron chi connectivity index (χ2n) is 4.73. The van der Waals surface area contributed by atoms with E-state index in [1.165, 1.54) is 4.90 Å². The average molecular weight is 247 g/mol. The molecule has 1 saturated heterocycles. The fourth-order valence-corrected chi connectivity index (χ4v) is 2.85. The van der Waals surface area contributed by atoms with Gasteiger partial charge in [-0.05, 0) is 24.5 Å². The van der Waals surface area contributed by atoms with Crippen LogP contribution in [0.1, 0.15) is 18.4 Å². The van der Waals surface area contributed by atoms with Crippen molar-refractivity contribution in [1.29, 1.82) is 0 Å². The third kappa shape index (κ3) is 1.38. The number of rotatable bonds is 0. The lowest BCUT2D eigenvalue weighted by molar-refractivity contribution is -0.122. The third-order valence-corrected chi connectivity index (χ3v) is 3.91. The van der Waals surface area contributed by atoms with Crippen molar-refractivity contribution in [3.63, 3.8) is 0 Å². The highest BCUT2D eigenvalue weighted by molar-refractivity contribution is 6.06. The summed E-state index contributed by atoms with van der Waals surface area (Å²) in [5.74, 6) is -0.0319. The minimum absolute atomic E-state index is 0.0319. The van der Waals surface area contributed by atoms with E-state index in [0.717, 1.165) is 11.3 Å². The molecule has 2 N–H and O–H groups in total. The number of hydrogen-bond donors (Lipinski definition) is 2. The van der Waals surface area contributed by atoms with Gasteiger partial charge in [0, 0.05) is 19.3 Å². The number of likely N-dealkylation sites (tertiary alicyclic amines) is 1. The number of fused-ring (bicyclic) bond motifs is 2. The zero-order chi connectivity index (χ0) is 12.8. The molecule has 0 unspecified atom stereocenters. The summed E-state index contributed by atoms with van der Waals surface area (Å²) in [6.45, 7) is 0.787. The van der Waals surface area contributed by atoms with Gasteiger partial charge in [-0.2, -0.15) is 0 Å². The lowest BCUT2D eigenvalue weighted by Crippen LogP contribution is -2.47. The molecule has 1 fully saturated rings. The molecule has 2 aliphatic rings. The van der Waals surface area contributed by atoms with Crippen molar-refractivity contribution in [3.8, 4) is 0 Å². The SMILES string of the molecule is O=C(O)N1CCC2(CC1)C(=O)Nc1cnccc12. The molecular formula is C12H13N3O3. The van der Waals surface area contributed by atoms with Crippen molar-refractivity contribution >= 4 is 17.7 Å². The largest absolute Gasteiger partial charge is 0.465 e. The number of amides is 2. The van der Waals surface area contributed by atoms with E-state index in [4.69, 9.17) is 5.11 Å². The van der Waals surface area contributed by atoms with Crippen LogP contribution in [0, 0.1) is 0 Å². The summed E-state index contributed by atoms with van der Waals surface area (Å²) < 4.78 is 0. The summed E-state index contributed by atoms with van der Waals surface area (Å²) in [6, 6.07) is 1.85. The predicted octanol–water partition coefficient (Wildman–Crippen LogP) is 1.05. The van der Waals surface area contributed by atoms with Crippen LogP contribution in [0.4, 0.5) is 10.5 Å². The van der Waals surface area contributed by atoms with Crippen LogP contribution in [0.3, 0.4) is 0 Å². The van der Waals surface area contributed by atoms with Crippen molar-refractivity contribution in [2.24, 2.45) is 0 Å². The Bertz CT molecular complexity index is 521. The summed E-state index contributed by atoms with van der Waals surface area (Å²) >= 11 is 0. The molecule has 0 radical (unpaired) electrons. The molecule has 1 aromatic rings. The van der Waals surface area contributed by atoms with Gasteiger partial charge in [-0.3, -0.25) is 9.78 Å². The van der Waals surface area contributed by atoms with Crippen molar-refractivity contribution in [1.82, 2.24) is 9.88 Å². The zero-order valence-electron chi connectivity index (χ0n) is 9.72. The first-order valence-corrected chi connectivity index (χ1v) is 5.87. The van der Waals surface area contributed by atoms with Gasteiger partial charge in [-0.1, -0.05) is 0 Å². The molecule has 3 heterocycles. The van der Waals surface area contributed by atoms with Crippen LogP contribution < -0.4 is 5.32 Å². The molecule has 0 aromatic carbocycles. The number of hydrogen-bond acceptors (Lipinski definition) is 3. The Morgan fingerprint density at radius 1 is 1.44 bits per heavy atom. The topological polar surface area (TPSA) is 82.5 Å². The van der Waals surface area contributed by atoms with Crippen molar-refractivity contribution < 1.29 is 14.7 Å². The van der Waals surface area contributed by atoms with Crippen LogP contribution in [0.25, 0.3) is 0 Å². The smallest absolute Gasteiger partial charge is 0.407 e. The second-order valence-corrected chi connectivity index (χ2v) is 4.73. The lowest BCUT2D eigenvalue weighted by Gasteiger charge is -2.36. The van der Waals surface area contributed by atoms with E-state index in [2.05, 4.69) is 10.3 Å². The van der Waals surface area contributed by atoms with Gasteiger partial charge in [0.1, 0.15) is 0 Å². The van der Waals surface area contributed by atoms with E-state index >= 15 is 0 Å². The summed E-state index contributed by atoms with van der Waals surface area (Å²) in [6.07, 6.45) is 3.46. The standard InChI is InChI=1S/C12H13N3O3/c16-10-12(2-5-15(6-3-12)11(17)18)8-1-4-13-7-9(8)14-10/h1,4,7H,2-3,5-6H2,(H,14,16)(H,17,18). The summed E-state index contributed by atoms with van der Waals surface area (Å²) in [5.41, 5.74) is 1.14. The van der Waals surface area contributed by atoms with Crippen LogP contribution in [0.5, 0.6) is 0 Å². The summed E-state index contributed by atoms with van der Waals surface area (Å²) in [4.78, 5) is 28.4. The van der Waals surface area contributed by atoms with Gasteiger partial charge in [0.2, 0.25) is 5.91 Å². The average Bonchev–Trinajstić information content (AvgIpc) is 2.64. The van der Waals surface area contributed by atoms with Crippen LogP contribution in [-0.2, 0) is 10.2 Å². The Morgan fingerprint density at radius 3 is 2.83 bits per heavy atom. The molecule has 1 spiro atoms. The first-order chi connectivity index (χ1) is 8.63. The number of carbonyl (C=O) groups excluding carboxylic acids is 1. The molecule has 0 bridgehead atoms. The summed E-state index contributed by atoms with van der Waals surface area (Å²) in [7, 11) is 0. The van der Waals surface area contributed by atoms with E-state index in [1.807, 2.05) is 6.07 Å². The van der Waals surface area contributed by atoms with E-state index in [-0.39, 0.29) is 5.91 Å². The van der Waals surface area contributed by atoms with E-state index in [0.29, 0.717) is 25.9 Å². The molecule has 2 aliphatic heterocycles. The summed E-state index contributed by atoms with van der Waals surface area (Å²) in [5, 5.41) is 11.8. The number of nitrogens with zero attached hydrogens (tertiary/aromatic N) is 2. The number of nitrogens with one attached hydrogen (secondary N) is 1.